The molecule has 3 N–H and O–H groups in total. The number of likely N-dealkylation sites (N-methyl/N-ethyl adjacent to an activating group) is 1. The second-order valence-corrected chi connectivity index (χ2v) is 10.2. The molecule has 3 atom stereocenters. The molecule has 2 heterocycles. The van der Waals surface area contributed by atoms with E-state index in [0.717, 1.165) is 21.7 Å². The topological polar surface area (TPSA) is 94.6 Å². The Morgan fingerprint density at radius 2 is 2.09 bits per heavy atom. The first-order chi connectivity index (χ1) is 15.0. The number of aliphatic hydroxyl groups excluding tert-OH is 1. The highest BCUT2D eigenvalue weighted by Gasteiger charge is 2.43. The van der Waals surface area contributed by atoms with Crippen LogP contribution in [0.25, 0.3) is 5.57 Å². The second kappa shape index (κ2) is 11.0. The Labute approximate surface area is 195 Å². The van der Waals surface area contributed by atoms with Gasteiger partial charge in [0.25, 0.3) is 0 Å². The van der Waals surface area contributed by atoms with Gasteiger partial charge in [-0.05, 0) is 31.9 Å². The Morgan fingerprint density at radius 3 is 2.62 bits per heavy atom. The van der Waals surface area contributed by atoms with Gasteiger partial charge in [-0.15, -0.1) is 11.3 Å². The summed E-state index contributed by atoms with van der Waals surface area (Å²) in [6, 6.07) is -1.12. The normalized spacial score (nSPS) is 20.9. The van der Waals surface area contributed by atoms with Gasteiger partial charge in [-0.3, -0.25) is 9.59 Å². The minimum Gasteiger partial charge on any atom is -0.391 e. The SMILES string of the molecule is C=C/C(=C\C=C(/C)CNC(=O)C1CC(O)CN1C(=O)C(NC)C(C)(C)C)c1scnc1C. The summed E-state index contributed by atoms with van der Waals surface area (Å²) >= 11 is 1.56. The monoisotopic (exact) mass is 460 g/mol. The van der Waals surface area contributed by atoms with Gasteiger partial charge in [-0.1, -0.05) is 51.2 Å². The lowest BCUT2D eigenvalue weighted by atomic mass is 9.86. The number of likely N-dealkylation sites (tertiary alicyclic amines) is 1. The lowest BCUT2D eigenvalue weighted by molar-refractivity contribution is -0.142. The Bertz CT molecular complexity index is 897. The molecule has 0 aromatic carbocycles. The molecular formula is C24H36N4O3S. The molecule has 1 fully saturated rings. The number of aliphatic hydroxyl groups is 1. The number of amides is 2. The van der Waals surface area contributed by atoms with Gasteiger partial charge in [0, 0.05) is 19.5 Å². The van der Waals surface area contributed by atoms with Crippen LogP contribution in [-0.2, 0) is 9.59 Å². The van der Waals surface area contributed by atoms with E-state index in [1.807, 2.05) is 46.8 Å². The average molecular weight is 461 g/mol. The van der Waals surface area contributed by atoms with Crippen LogP contribution >= 0.6 is 11.3 Å². The Morgan fingerprint density at radius 1 is 1.41 bits per heavy atom. The molecule has 1 aliphatic rings. The molecule has 0 radical (unpaired) electrons. The van der Waals surface area contributed by atoms with Crippen molar-refractivity contribution >= 4 is 28.7 Å². The number of hydrogen-bond donors (Lipinski definition) is 3. The van der Waals surface area contributed by atoms with Gasteiger partial charge in [0.05, 0.1) is 28.2 Å². The van der Waals surface area contributed by atoms with Crippen LogP contribution in [0.15, 0.2) is 35.9 Å². The number of aromatic nitrogens is 1. The summed E-state index contributed by atoms with van der Waals surface area (Å²) in [6.07, 6.45) is 5.24. The quantitative estimate of drug-likeness (QED) is 0.519. The lowest BCUT2D eigenvalue weighted by Crippen LogP contribution is -2.55. The van der Waals surface area contributed by atoms with Crippen molar-refractivity contribution in [1.29, 1.82) is 0 Å². The summed E-state index contributed by atoms with van der Waals surface area (Å²) in [5, 5.41) is 16.1. The molecule has 0 bridgehead atoms. The van der Waals surface area contributed by atoms with E-state index in [1.165, 1.54) is 4.90 Å². The highest BCUT2D eigenvalue weighted by molar-refractivity contribution is 7.11. The third kappa shape index (κ3) is 6.37. The van der Waals surface area contributed by atoms with Crippen molar-refractivity contribution in [2.45, 2.75) is 59.2 Å². The largest absolute Gasteiger partial charge is 0.391 e. The summed E-state index contributed by atoms with van der Waals surface area (Å²) in [5.74, 6) is -0.417. The number of hydrogen-bond acceptors (Lipinski definition) is 6. The molecule has 1 aromatic rings. The summed E-state index contributed by atoms with van der Waals surface area (Å²) < 4.78 is 0. The van der Waals surface area contributed by atoms with Crippen molar-refractivity contribution in [2.75, 3.05) is 20.1 Å². The molecule has 1 aliphatic heterocycles. The van der Waals surface area contributed by atoms with Crippen LogP contribution in [0.4, 0.5) is 0 Å². The Balaban J connectivity index is 2.06. The molecule has 176 valence electrons. The van der Waals surface area contributed by atoms with E-state index in [9.17, 15) is 14.7 Å². The summed E-state index contributed by atoms with van der Waals surface area (Å²) in [7, 11) is 1.74. The van der Waals surface area contributed by atoms with Gasteiger partial charge in [0.2, 0.25) is 11.8 Å². The van der Waals surface area contributed by atoms with E-state index in [-0.39, 0.29) is 30.2 Å². The number of thiazole rings is 1. The molecule has 8 heteroatoms. The van der Waals surface area contributed by atoms with Crippen LogP contribution in [0.3, 0.4) is 0 Å². The van der Waals surface area contributed by atoms with Gasteiger partial charge in [-0.2, -0.15) is 0 Å². The summed E-state index contributed by atoms with van der Waals surface area (Å²) in [6.45, 7) is 14.2. The standard InChI is InChI=1S/C24H36N4O3S/c1-8-17(20-16(3)27-14-32-20)10-9-15(2)12-26-22(30)19-11-18(29)13-28(19)23(31)21(25-7)24(4,5)6/h8-10,14,18-19,21,25,29H,1,11-13H2,2-7H3,(H,26,30)/b15-9+,17-10+. The smallest absolute Gasteiger partial charge is 0.243 e. The molecule has 7 nitrogen and oxygen atoms in total. The van der Waals surface area contributed by atoms with Crippen molar-refractivity contribution in [3.63, 3.8) is 0 Å². The maximum atomic E-state index is 13.1. The van der Waals surface area contributed by atoms with Crippen LogP contribution in [0.5, 0.6) is 0 Å². The van der Waals surface area contributed by atoms with E-state index in [0.29, 0.717) is 6.54 Å². The third-order valence-electron chi connectivity index (χ3n) is 5.58. The zero-order valence-electron chi connectivity index (χ0n) is 19.9. The molecule has 0 spiro atoms. The first-order valence-electron chi connectivity index (χ1n) is 10.8. The molecule has 0 saturated carbocycles. The first-order valence-corrected chi connectivity index (χ1v) is 11.7. The van der Waals surface area contributed by atoms with Crippen molar-refractivity contribution in [1.82, 2.24) is 20.5 Å². The number of allylic oxidation sites excluding steroid dienone is 4. The maximum Gasteiger partial charge on any atom is 0.243 e. The number of aryl methyl sites for hydroxylation is 1. The fourth-order valence-electron chi connectivity index (χ4n) is 3.85. The summed E-state index contributed by atoms with van der Waals surface area (Å²) in [5.41, 5.74) is 4.39. The van der Waals surface area contributed by atoms with Gasteiger partial charge in [-0.25, -0.2) is 4.98 Å². The van der Waals surface area contributed by atoms with E-state index in [1.54, 1.807) is 30.0 Å². The van der Waals surface area contributed by atoms with E-state index < -0.39 is 18.2 Å². The lowest BCUT2D eigenvalue weighted by Gasteiger charge is -2.34. The van der Waals surface area contributed by atoms with Gasteiger partial charge in [0.1, 0.15) is 6.04 Å². The summed E-state index contributed by atoms with van der Waals surface area (Å²) in [4.78, 5) is 32.9. The molecular weight excluding hydrogens is 424 g/mol. The Kier molecular flexibility index (Phi) is 8.95. The van der Waals surface area contributed by atoms with Gasteiger partial charge in [0.15, 0.2) is 0 Å². The second-order valence-electron chi connectivity index (χ2n) is 9.31. The third-order valence-corrected chi connectivity index (χ3v) is 6.56. The molecule has 2 amide bonds. The fraction of sp³-hybridized carbons (Fsp3) is 0.542. The number of nitrogens with one attached hydrogen (secondary N) is 2. The number of nitrogens with zero attached hydrogens (tertiary/aromatic N) is 2. The highest BCUT2D eigenvalue weighted by atomic mass is 32.1. The van der Waals surface area contributed by atoms with E-state index in [4.69, 9.17) is 0 Å². The maximum absolute atomic E-state index is 13.1. The molecule has 1 saturated heterocycles. The van der Waals surface area contributed by atoms with Crippen LogP contribution in [0, 0.1) is 12.3 Å². The predicted octanol–water partition coefficient (Wildman–Crippen LogP) is 2.68. The number of rotatable bonds is 8. The van der Waals surface area contributed by atoms with Crippen molar-refractivity contribution in [3.05, 3.63) is 46.5 Å². The fourth-order valence-corrected chi connectivity index (χ4v) is 4.68. The van der Waals surface area contributed by atoms with Crippen LogP contribution < -0.4 is 10.6 Å². The van der Waals surface area contributed by atoms with Crippen molar-refractivity contribution in [3.8, 4) is 0 Å². The average Bonchev–Trinajstić information content (AvgIpc) is 3.32. The zero-order valence-corrected chi connectivity index (χ0v) is 20.8. The molecule has 1 aromatic heterocycles. The predicted molar refractivity (Wildman–Crippen MR) is 130 cm³/mol. The molecule has 0 aliphatic carbocycles. The minimum absolute atomic E-state index is 0.164. The molecule has 3 unspecified atom stereocenters. The number of β-amino-alcohol motifs (C(OH)–C–C–N with tert-alkyl or cyclic N) is 1. The number of carbonyl (C=O) groups excluding carboxylic acids is 2. The van der Waals surface area contributed by atoms with E-state index >= 15 is 0 Å². The highest BCUT2D eigenvalue weighted by Crippen LogP contribution is 2.26. The van der Waals surface area contributed by atoms with E-state index in [2.05, 4.69) is 22.2 Å². The molecule has 32 heavy (non-hydrogen) atoms. The van der Waals surface area contributed by atoms with Crippen molar-refractivity contribution in [2.24, 2.45) is 5.41 Å². The van der Waals surface area contributed by atoms with Gasteiger partial charge < -0.3 is 20.6 Å². The van der Waals surface area contributed by atoms with Crippen LogP contribution in [0.2, 0.25) is 0 Å². The Hall–Kier alpha value is -2.29. The van der Waals surface area contributed by atoms with Crippen molar-refractivity contribution < 1.29 is 14.7 Å². The van der Waals surface area contributed by atoms with Crippen LogP contribution in [0.1, 0.15) is 44.7 Å². The number of carbonyl (C=O) groups is 2. The first kappa shape index (κ1) is 26.0. The van der Waals surface area contributed by atoms with Crippen LogP contribution in [-0.4, -0.2) is 65.1 Å². The zero-order chi connectivity index (χ0) is 24.1. The minimum atomic E-state index is -0.704. The van der Waals surface area contributed by atoms with Gasteiger partial charge >= 0.3 is 0 Å². The molecule has 2 rings (SSSR count).